The van der Waals surface area contributed by atoms with E-state index in [2.05, 4.69) is 19.3 Å². The van der Waals surface area contributed by atoms with Gasteiger partial charge in [0.15, 0.2) is 11.5 Å². The Morgan fingerprint density at radius 1 is 1.30 bits per heavy atom. The maximum absolute atomic E-state index is 11.9. The molecule has 1 amide bonds. The summed E-state index contributed by atoms with van der Waals surface area (Å²) in [5.74, 6) is 1.64. The Labute approximate surface area is 120 Å². The number of carbonyl (C=O) groups is 1. The fourth-order valence-electron chi connectivity index (χ4n) is 1.60. The smallest absolute Gasteiger partial charge is 0.265 e. The fraction of sp³-hybridized carbons (Fsp3) is 0.533. The van der Waals surface area contributed by atoms with Crippen molar-refractivity contribution in [3.63, 3.8) is 0 Å². The number of rotatable bonds is 7. The van der Waals surface area contributed by atoms with Crippen molar-refractivity contribution < 1.29 is 14.3 Å². The van der Waals surface area contributed by atoms with E-state index in [9.17, 15) is 4.79 Å². The lowest BCUT2D eigenvalue weighted by molar-refractivity contribution is 0.0856. The number of hydrazine groups is 1. The highest BCUT2D eigenvalue weighted by Crippen LogP contribution is 2.28. The number of benzene rings is 1. The average Bonchev–Trinajstić information content (AvgIpc) is 2.37. The van der Waals surface area contributed by atoms with E-state index >= 15 is 0 Å². The highest BCUT2D eigenvalue weighted by Gasteiger charge is 2.11. The molecule has 1 aromatic carbocycles. The van der Waals surface area contributed by atoms with Crippen molar-refractivity contribution in [2.45, 2.75) is 20.3 Å². The summed E-state index contributed by atoms with van der Waals surface area (Å²) in [6, 6.07) is 5.18. The Morgan fingerprint density at radius 2 is 2.00 bits per heavy atom. The summed E-state index contributed by atoms with van der Waals surface area (Å²) in [6.07, 6.45) is 0.978. The third-order valence-corrected chi connectivity index (χ3v) is 2.70. The Bertz CT molecular complexity index is 445. The number of nitrogens with zero attached hydrogens (tertiary/aromatic N) is 1. The van der Waals surface area contributed by atoms with Crippen LogP contribution >= 0.6 is 0 Å². The molecule has 1 aromatic rings. The fourth-order valence-corrected chi connectivity index (χ4v) is 1.60. The highest BCUT2D eigenvalue weighted by atomic mass is 16.5. The second kappa shape index (κ2) is 7.75. The van der Waals surface area contributed by atoms with Gasteiger partial charge in [-0.25, -0.2) is 5.01 Å². The van der Waals surface area contributed by atoms with Crippen LogP contribution in [0.3, 0.4) is 0 Å². The zero-order valence-electron chi connectivity index (χ0n) is 12.9. The zero-order chi connectivity index (χ0) is 15.1. The van der Waals surface area contributed by atoms with Crippen molar-refractivity contribution in [2.24, 2.45) is 5.92 Å². The van der Waals surface area contributed by atoms with Gasteiger partial charge in [-0.15, -0.1) is 0 Å². The number of nitrogens with one attached hydrogen (secondary N) is 1. The van der Waals surface area contributed by atoms with Crippen LogP contribution in [-0.2, 0) is 0 Å². The molecule has 20 heavy (non-hydrogen) atoms. The van der Waals surface area contributed by atoms with Gasteiger partial charge in [-0.2, -0.15) is 0 Å². The van der Waals surface area contributed by atoms with E-state index in [4.69, 9.17) is 9.47 Å². The molecule has 1 rings (SSSR count). The number of hydrogen-bond donors (Lipinski definition) is 1. The van der Waals surface area contributed by atoms with E-state index in [0.717, 1.165) is 6.42 Å². The molecular weight excluding hydrogens is 256 g/mol. The van der Waals surface area contributed by atoms with Crippen LogP contribution in [-0.4, -0.2) is 38.7 Å². The Morgan fingerprint density at radius 3 is 2.55 bits per heavy atom. The molecule has 0 atom stereocenters. The summed E-state index contributed by atoms with van der Waals surface area (Å²) in [4.78, 5) is 11.9. The van der Waals surface area contributed by atoms with Crippen LogP contribution in [0.5, 0.6) is 11.5 Å². The van der Waals surface area contributed by atoms with Crippen molar-refractivity contribution in [2.75, 3.05) is 27.8 Å². The molecule has 0 aliphatic rings. The average molecular weight is 280 g/mol. The minimum atomic E-state index is -0.179. The number of methoxy groups -OCH3 is 1. The van der Waals surface area contributed by atoms with Crippen LogP contribution < -0.4 is 14.9 Å². The second-order valence-corrected chi connectivity index (χ2v) is 5.23. The van der Waals surface area contributed by atoms with Crippen LogP contribution in [0.15, 0.2) is 18.2 Å². The summed E-state index contributed by atoms with van der Waals surface area (Å²) >= 11 is 0. The first-order valence-corrected chi connectivity index (χ1v) is 6.73. The van der Waals surface area contributed by atoms with Crippen molar-refractivity contribution in [3.8, 4) is 11.5 Å². The maximum atomic E-state index is 11.9. The molecule has 0 bridgehead atoms. The van der Waals surface area contributed by atoms with Gasteiger partial charge in [0.1, 0.15) is 0 Å². The van der Waals surface area contributed by atoms with Crippen LogP contribution in [0.4, 0.5) is 0 Å². The topological polar surface area (TPSA) is 50.8 Å². The molecule has 0 aromatic heterocycles. The van der Waals surface area contributed by atoms with Crippen molar-refractivity contribution in [1.82, 2.24) is 10.4 Å². The van der Waals surface area contributed by atoms with Gasteiger partial charge in [-0.05, 0) is 30.5 Å². The molecule has 0 fully saturated rings. The van der Waals surface area contributed by atoms with E-state index in [-0.39, 0.29) is 5.91 Å². The molecule has 0 heterocycles. The Hall–Kier alpha value is -1.75. The summed E-state index contributed by atoms with van der Waals surface area (Å²) in [5, 5.41) is 1.60. The normalized spacial score (nSPS) is 10.8. The zero-order valence-corrected chi connectivity index (χ0v) is 12.9. The molecule has 0 unspecified atom stereocenters. The lowest BCUT2D eigenvalue weighted by Crippen LogP contribution is -2.36. The van der Waals surface area contributed by atoms with Crippen molar-refractivity contribution in [3.05, 3.63) is 23.8 Å². The lowest BCUT2D eigenvalue weighted by atomic mass is 10.1. The molecule has 0 saturated carbocycles. The van der Waals surface area contributed by atoms with Crippen LogP contribution in [0.2, 0.25) is 0 Å². The van der Waals surface area contributed by atoms with E-state index in [1.807, 2.05) is 0 Å². The minimum absolute atomic E-state index is 0.179. The maximum Gasteiger partial charge on any atom is 0.265 e. The van der Waals surface area contributed by atoms with Gasteiger partial charge in [0, 0.05) is 19.7 Å². The molecule has 0 saturated heterocycles. The van der Waals surface area contributed by atoms with Crippen LogP contribution in [0.25, 0.3) is 0 Å². The molecule has 0 spiro atoms. The molecular formula is C15H24N2O3. The molecule has 0 aliphatic carbocycles. The quantitative estimate of drug-likeness (QED) is 0.779. The van der Waals surface area contributed by atoms with E-state index in [1.165, 1.54) is 0 Å². The van der Waals surface area contributed by atoms with E-state index < -0.39 is 0 Å². The van der Waals surface area contributed by atoms with E-state index in [0.29, 0.717) is 29.6 Å². The number of ether oxygens (including phenoxy) is 2. The highest BCUT2D eigenvalue weighted by molar-refractivity contribution is 5.94. The van der Waals surface area contributed by atoms with Crippen LogP contribution in [0.1, 0.15) is 30.6 Å². The number of hydrogen-bond acceptors (Lipinski definition) is 4. The first kappa shape index (κ1) is 16.3. The first-order chi connectivity index (χ1) is 9.43. The predicted molar refractivity (Wildman–Crippen MR) is 79.1 cm³/mol. The van der Waals surface area contributed by atoms with E-state index in [1.54, 1.807) is 44.4 Å². The van der Waals surface area contributed by atoms with Gasteiger partial charge in [0.2, 0.25) is 0 Å². The third-order valence-electron chi connectivity index (χ3n) is 2.70. The monoisotopic (exact) mass is 280 g/mol. The van der Waals surface area contributed by atoms with Gasteiger partial charge in [-0.3, -0.25) is 10.2 Å². The van der Waals surface area contributed by atoms with Crippen molar-refractivity contribution in [1.29, 1.82) is 0 Å². The summed E-state index contributed by atoms with van der Waals surface area (Å²) < 4.78 is 11.0. The van der Waals surface area contributed by atoms with Gasteiger partial charge in [0.05, 0.1) is 13.7 Å². The van der Waals surface area contributed by atoms with Gasteiger partial charge >= 0.3 is 0 Å². The second-order valence-electron chi connectivity index (χ2n) is 5.23. The lowest BCUT2D eigenvalue weighted by Gasteiger charge is -2.15. The molecule has 1 N–H and O–H groups in total. The van der Waals surface area contributed by atoms with Crippen LogP contribution in [0, 0.1) is 5.92 Å². The van der Waals surface area contributed by atoms with Crippen molar-refractivity contribution >= 4 is 5.91 Å². The minimum Gasteiger partial charge on any atom is -0.493 e. The molecule has 5 heteroatoms. The first-order valence-electron chi connectivity index (χ1n) is 6.73. The molecule has 5 nitrogen and oxygen atoms in total. The number of amides is 1. The van der Waals surface area contributed by atoms with Gasteiger partial charge in [0.25, 0.3) is 5.91 Å². The third kappa shape index (κ3) is 5.09. The SMILES string of the molecule is COc1cc(C(=O)NN(C)C)ccc1OCCC(C)C. The summed E-state index contributed by atoms with van der Waals surface area (Å²) in [6.45, 7) is 4.93. The summed E-state index contributed by atoms with van der Waals surface area (Å²) in [7, 11) is 5.09. The molecule has 112 valence electrons. The van der Waals surface area contributed by atoms with Gasteiger partial charge in [-0.1, -0.05) is 13.8 Å². The molecule has 0 aliphatic heterocycles. The predicted octanol–water partition coefficient (Wildman–Crippen LogP) is 2.33. The summed E-state index contributed by atoms with van der Waals surface area (Å²) in [5.41, 5.74) is 3.22. The largest absolute Gasteiger partial charge is 0.493 e. The Balaban J connectivity index is 2.77. The Kier molecular flexibility index (Phi) is 6.31. The number of carbonyl (C=O) groups excluding carboxylic acids is 1. The van der Waals surface area contributed by atoms with Gasteiger partial charge < -0.3 is 9.47 Å². The molecule has 0 radical (unpaired) electrons. The standard InChI is InChI=1S/C15H24N2O3/c1-11(2)8-9-20-13-7-6-12(10-14(13)19-5)15(18)16-17(3)4/h6-7,10-11H,8-9H2,1-5H3,(H,16,18).